The van der Waals surface area contributed by atoms with E-state index in [1.54, 1.807) is 0 Å². The van der Waals surface area contributed by atoms with Crippen LogP contribution in [-0.2, 0) is 4.57 Å². The summed E-state index contributed by atoms with van der Waals surface area (Å²) in [4.78, 5) is 42.4. The molecule has 0 bridgehead atoms. The van der Waals surface area contributed by atoms with E-state index in [0.717, 1.165) is 0 Å². The van der Waals surface area contributed by atoms with E-state index in [2.05, 4.69) is 0 Å². The van der Waals surface area contributed by atoms with E-state index >= 15 is 0 Å². The minimum Gasteiger partial charge on any atom is -0.822 e. The molecule has 0 aliphatic carbocycles. The third-order valence-corrected chi connectivity index (χ3v) is 0. The molecule has 0 aromatic rings. The number of hydrogen-bond acceptors (Lipinski definition) is 9. The second kappa shape index (κ2) is 22.1. The van der Waals surface area contributed by atoms with Gasteiger partial charge in [0.15, 0.2) is 0 Å². The maximum atomic E-state index is 8.55. The number of hydrogen-bond donors (Lipinski definition) is 1. The van der Waals surface area contributed by atoms with Crippen LogP contribution in [0.15, 0.2) is 0 Å². The summed E-state index contributed by atoms with van der Waals surface area (Å²) in [6, 6.07) is 0. The number of phosphoric acid groups is 1. The van der Waals surface area contributed by atoms with Crippen LogP contribution in [0.1, 0.15) is 0 Å². The molecule has 10 nitrogen and oxygen atoms in total. The smallest absolute Gasteiger partial charge is 0.822 e. The van der Waals surface area contributed by atoms with E-state index in [9.17, 15) is 0 Å². The predicted molar refractivity (Wildman–Crippen MR) is 38.3 cm³/mol. The molecule has 0 fully saturated rings. The van der Waals surface area contributed by atoms with E-state index in [1.165, 1.54) is 0 Å². The van der Waals surface area contributed by atoms with Crippen LogP contribution in [0.3, 0.4) is 0 Å². The van der Waals surface area contributed by atoms with Crippen molar-refractivity contribution in [1.29, 1.82) is 0 Å². The van der Waals surface area contributed by atoms with E-state index in [4.69, 9.17) is 49.3 Å². The topological polar surface area (TPSA) is 210 Å². The molecule has 1 N–H and O–H groups in total. The van der Waals surface area contributed by atoms with Gasteiger partial charge in [0.2, 0.25) is 6.16 Å². The molecule has 0 heterocycles. The normalized spacial score (nSPS) is 6.69. The SMILES string of the molecule is O=C([O-])O.O=C([O-])[O-].O=P([O-])([O-])[O-].[Ca+2].[Ca+2].[Mg+2]. The molecule has 0 aliphatic rings. The molecule has 14 heteroatoms. The van der Waals surface area contributed by atoms with Crippen LogP contribution in [0.5, 0.6) is 0 Å². The Morgan fingerprint density at radius 3 is 0.938 bits per heavy atom. The Kier molecular flexibility index (Phi) is 50.0. The minimum absolute atomic E-state index is 0. The maximum absolute atomic E-state index is 8.55. The van der Waals surface area contributed by atoms with E-state index in [1.807, 2.05) is 0 Å². The summed E-state index contributed by atoms with van der Waals surface area (Å²) in [5.41, 5.74) is 0. The molecule has 80 valence electrons. The zero-order chi connectivity index (χ0) is 11.7. The van der Waals surface area contributed by atoms with Gasteiger partial charge in [-0.25, -0.2) is 0 Å². The molecule has 0 unspecified atom stereocenters. The molecule has 0 amide bonds. The van der Waals surface area contributed by atoms with Crippen molar-refractivity contribution in [3.8, 4) is 0 Å². The second-order valence-electron chi connectivity index (χ2n) is 0.963. The van der Waals surface area contributed by atoms with Gasteiger partial charge >= 0.3 is 98.5 Å². The Labute approximate surface area is 165 Å². The van der Waals surface area contributed by atoms with Crippen LogP contribution in [-0.4, -0.2) is 116 Å². The Balaban J connectivity index is -0.0000000216. The van der Waals surface area contributed by atoms with Crippen molar-refractivity contribution in [3.05, 3.63) is 0 Å². The quantitative estimate of drug-likeness (QED) is 0.329. The largest absolute Gasteiger partial charge is 2.00 e. The molecule has 16 heavy (non-hydrogen) atoms. The Morgan fingerprint density at radius 1 is 0.938 bits per heavy atom. The van der Waals surface area contributed by atoms with Gasteiger partial charge in [-0.05, 0) is 6.16 Å². The van der Waals surface area contributed by atoms with Crippen molar-refractivity contribution in [3.63, 3.8) is 0 Å². The zero-order valence-electron chi connectivity index (χ0n) is 7.69. The van der Waals surface area contributed by atoms with Crippen LogP contribution < -0.4 is 30.0 Å². The Morgan fingerprint density at radius 2 is 0.938 bits per heavy atom. The van der Waals surface area contributed by atoms with Gasteiger partial charge in [0.25, 0.3) is 0 Å². The van der Waals surface area contributed by atoms with Crippen molar-refractivity contribution in [2.24, 2.45) is 0 Å². The van der Waals surface area contributed by atoms with Crippen molar-refractivity contribution < 1.29 is 49.3 Å². The number of carbonyl (C=O) groups excluding carboxylic acids is 1. The molecule has 0 atom stereocenters. The molecule has 0 aromatic carbocycles. The van der Waals surface area contributed by atoms with Gasteiger partial charge in [0.1, 0.15) is 0 Å². The number of carboxylic acid groups (broad SMARTS) is 4. The van der Waals surface area contributed by atoms with Gasteiger partial charge in [-0.3, -0.25) is 0 Å². The first kappa shape index (κ1) is 36.1. The van der Waals surface area contributed by atoms with E-state index < -0.39 is 20.1 Å². The molecule has 0 radical (unpaired) electrons. The van der Waals surface area contributed by atoms with Gasteiger partial charge in [0, 0.05) is 0 Å². The molecule has 0 saturated heterocycles. The summed E-state index contributed by atoms with van der Waals surface area (Å²) in [6.45, 7) is 0. The predicted octanol–water partition coefficient (Wildman–Crippen LogP) is -7.53. The average Bonchev–Trinajstić information content (AvgIpc) is 1.50. The van der Waals surface area contributed by atoms with Crippen LogP contribution >= 0.6 is 7.82 Å². The average molecular weight is 320 g/mol. The van der Waals surface area contributed by atoms with Gasteiger partial charge < -0.3 is 49.3 Å². The Hall–Kier alpha value is 1.94. The summed E-state index contributed by atoms with van der Waals surface area (Å²) >= 11 is 0. The maximum Gasteiger partial charge on any atom is 2.00 e. The molecule has 0 spiro atoms. The minimum atomic E-state index is -5.39. The van der Waals surface area contributed by atoms with Gasteiger partial charge in [-0.15, -0.1) is 0 Å². The fraction of sp³-hybridized carbons (Fsp3) is 0. The summed E-state index contributed by atoms with van der Waals surface area (Å²) in [5, 5.41) is 32.0. The number of rotatable bonds is 0. The first-order chi connectivity index (χ1) is 5.46. The zero-order valence-corrected chi connectivity index (χ0v) is 14.4. The number of carbonyl (C=O) groups is 2. The van der Waals surface area contributed by atoms with Crippen molar-refractivity contribution in [2.45, 2.75) is 0 Å². The fourth-order valence-corrected chi connectivity index (χ4v) is 0. The van der Waals surface area contributed by atoms with Crippen molar-refractivity contribution >= 4 is 119 Å². The molecule has 0 saturated carbocycles. The molecular formula is C2HCa2MgO10P. The standard InChI is InChI=1S/2CH2O3.2Ca.Mg.H3O4P/c2*2-1(3)4;;;;1-5(2,3)4/h2*(H2,2,3,4);;;;(H3,1,2,3,4)/q;;3*+2;/p-6. The van der Waals surface area contributed by atoms with E-state index in [0.29, 0.717) is 0 Å². The van der Waals surface area contributed by atoms with Crippen molar-refractivity contribution in [1.82, 2.24) is 0 Å². The summed E-state index contributed by atoms with van der Waals surface area (Å²) in [6.07, 6.45) is -4.42. The summed E-state index contributed by atoms with van der Waals surface area (Å²) < 4.78 is 8.55. The Bertz CT molecular complexity index is 175. The van der Waals surface area contributed by atoms with Gasteiger partial charge in [-0.2, -0.15) is 7.82 Å². The third-order valence-electron chi connectivity index (χ3n) is 0. The monoisotopic (exact) mass is 320 g/mol. The molecular weight excluding hydrogens is 319 g/mol. The molecule has 0 aliphatic heterocycles. The first-order valence-electron chi connectivity index (χ1n) is 1.97. The second-order valence-corrected chi connectivity index (χ2v) is 1.86. The fourth-order valence-electron chi connectivity index (χ4n) is 0. The van der Waals surface area contributed by atoms with Crippen LogP contribution in [0.4, 0.5) is 9.59 Å². The van der Waals surface area contributed by atoms with Crippen LogP contribution in [0.2, 0.25) is 0 Å². The van der Waals surface area contributed by atoms with Crippen molar-refractivity contribution in [2.75, 3.05) is 0 Å². The third kappa shape index (κ3) is 949. The summed E-state index contributed by atoms with van der Waals surface area (Å²) in [5.74, 6) is 0. The molecule has 0 aromatic heterocycles. The first-order valence-corrected chi connectivity index (χ1v) is 3.44. The van der Waals surface area contributed by atoms with Gasteiger partial charge in [-0.1, -0.05) is 0 Å². The van der Waals surface area contributed by atoms with Crippen LogP contribution in [0, 0.1) is 0 Å². The van der Waals surface area contributed by atoms with Crippen LogP contribution in [0.25, 0.3) is 0 Å². The summed E-state index contributed by atoms with van der Waals surface area (Å²) in [7, 11) is -5.39. The van der Waals surface area contributed by atoms with E-state index in [-0.39, 0.29) is 98.5 Å². The molecule has 0 rings (SSSR count). The van der Waals surface area contributed by atoms with Gasteiger partial charge in [0.05, 0.1) is 0 Å².